The van der Waals surface area contributed by atoms with Crippen LogP contribution in [0.15, 0.2) is 64.0 Å². The van der Waals surface area contributed by atoms with E-state index in [0.717, 1.165) is 27.4 Å². The van der Waals surface area contributed by atoms with Gasteiger partial charge in [-0.1, -0.05) is 58.4 Å². The average molecular weight is 414 g/mol. The van der Waals surface area contributed by atoms with Crippen molar-refractivity contribution in [3.63, 3.8) is 0 Å². The van der Waals surface area contributed by atoms with E-state index in [-0.39, 0.29) is 16.9 Å². The van der Waals surface area contributed by atoms with Gasteiger partial charge in [-0.25, -0.2) is 0 Å². The maximum atomic E-state index is 12.1. The first kappa shape index (κ1) is 17.4. The van der Waals surface area contributed by atoms with Crippen LogP contribution >= 0.6 is 27.7 Å². The molecule has 0 unspecified atom stereocenters. The third-order valence-electron chi connectivity index (χ3n) is 3.41. The van der Waals surface area contributed by atoms with Gasteiger partial charge in [0.1, 0.15) is 0 Å². The molecule has 124 valence electrons. The Kier molecular flexibility index (Phi) is 5.31. The van der Waals surface area contributed by atoms with Crippen molar-refractivity contribution in [1.82, 2.24) is 5.32 Å². The SMILES string of the molecule is O=C1NC(=O)/C(=C/c2ccc(/C=C/C(=O)c3cccc(Br)c3)cc2)S1. The first-order valence-corrected chi connectivity index (χ1v) is 8.95. The lowest BCUT2D eigenvalue weighted by atomic mass is 10.1. The molecular weight excluding hydrogens is 402 g/mol. The number of nitrogens with one attached hydrogen (secondary N) is 1. The van der Waals surface area contributed by atoms with Crippen molar-refractivity contribution in [2.45, 2.75) is 0 Å². The molecule has 1 saturated heterocycles. The number of amides is 2. The minimum absolute atomic E-state index is 0.0787. The molecule has 2 amide bonds. The van der Waals surface area contributed by atoms with Crippen LogP contribution in [0.1, 0.15) is 21.5 Å². The van der Waals surface area contributed by atoms with E-state index in [4.69, 9.17) is 0 Å². The number of halogens is 1. The lowest BCUT2D eigenvalue weighted by Crippen LogP contribution is -2.17. The van der Waals surface area contributed by atoms with Crippen molar-refractivity contribution in [3.05, 3.63) is 80.7 Å². The first-order chi connectivity index (χ1) is 12.0. The predicted molar refractivity (Wildman–Crippen MR) is 103 cm³/mol. The molecule has 0 bridgehead atoms. The summed E-state index contributed by atoms with van der Waals surface area (Å²) in [5.74, 6) is -0.455. The van der Waals surface area contributed by atoms with Gasteiger partial charge in [0.15, 0.2) is 5.78 Å². The third-order valence-corrected chi connectivity index (χ3v) is 4.72. The van der Waals surface area contributed by atoms with Gasteiger partial charge in [0.05, 0.1) is 4.91 Å². The van der Waals surface area contributed by atoms with Gasteiger partial charge >= 0.3 is 0 Å². The Morgan fingerprint density at radius 3 is 2.40 bits per heavy atom. The Morgan fingerprint density at radius 2 is 1.76 bits per heavy atom. The average Bonchev–Trinajstić information content (AvgIpc) is 2.91. The normalized spacial score (nSPS) is 15.8. The van der Waals surface area contributed by atoms with Crippen LogP contribution < -0.4 is 5.32 Å². The molecular formula is C19H12BrNO3S. The Balaban J connectivity index is 1.70. The van der Waals surface area contributed by atoms with Gasteiger partial charge in [-0.15, -0.1) is 0 Å². The molecule has 6 heteroatoms. The number of rotatable bonds is 4. The van der Waals surface area contributed by atoms with E-state index in [2.05, 4.69) is 21.2 Å². The van der Waals surface area contributed by atoms with Crippen LogP contribution in [0, 0.1) is 0 Å². The van der Waals surface area contributed by atoms with Gasteiger partial charge in [0.2, 0.25) is 0 Å². The number of carbonyl (C=O) groups is 3. The second-order valence-electron chi connectivity index (χ2n) is 5.23. The van der Waals surface area contributed by atoms with E-state index in [0.29, 0.717) is 10.5 Å². The van der Waals surface area contributed by atoms with Crippen LogP contribution in [0.4, 0.5) is 4.79 Å². The minimum atomic E-state index is -0.376. The summed E-state index contributed by atoms with van der Waals surface area (Å²) >= 11 is 4.23. The van der Waals surface area contributed by atoms with Crippen LogP contribution in [0.25, 0.3) is 12.2 Å². The molecule has 1 N–H and O–H groups in total. The maximum Gasteiger partial charge on any atom is 0.290 e. The molecule has 0 saturated carbocycles. The molecule has 0 aromatic heterocycles. The van der Waals surface area contributed by atoms with Gasteiger partial charge in [-0.05, 0) is 47.2 Å². The fraction of sp³-hybridized carbons (Fsp3) is 0. The Bertz CT molecular complexity index is 917. The summed E-state index contributed by atoms with van der Waals surface area (Å²) in [5.41, 5.74) is 2.29. The third kappa shape index (κ3) is 4.55. The lowest BCUT2D eigenvalue weighted by molar-refractivity contribution is -0.115. The predicted octanol–water partition coefficient (Wildman–Crippen LogP) is 4.67. The largest absolute Gasteiger partial charge is 0.290 e. The summed E-state index contributed by atoms with van der Waals surface area (Å²) < 4.78 is 0.858. The van der Waals surface area contributed by atoms with Gasteiger partial charge in [-0.3, -0.25) is 19.7 Å². The van der Waals surface area contributed by atoms with Crippen LogP contribution in [0.2, 0.25) is 0 Å². The molecule has 4 nitrogen and oxygen atoms in total. The minimum Gasteiger partial charge on any atom is -0.289 e. The summed E-state index contributed by atoms with van der Waals surface area (Å²) in [6, 6.07) is 14.6. The number of thioether (sulfide) groups is 1. The molecule has 25 heavy (non-hydrogen) atoms. The van der Waals surface area contributed by atoms with Crippen LogP contribution in [-0.2, 0) is 4.79 Å². The number of benzene rings is 2. The molecule has 0 radical (unpaired) electrons. The van der Waals surface area contributed by atoms with Crippen molar-refractivity contribution in [3.8, 4) is 0 Å². The van der Waals surface area contributed by atoms with Crippen molar-refractivity contribution >= 4 is 56.8 Å². The van der Waals surface area contributed by atoms with Gasteiger partial charge < -0.3 is 0 Å². The number of ketones is 1. The zero-order valence-corrected chi connectivity index (χ0v) is 15.3. The smallest absolute Gasteiger partial charge is 0.289 e. The van der Waals surface area contributed by atoms with E-state index >= 15 is 0 Å². The first-order valence-electron chi connectivity index (χ1n) is 7.34. The highest BCUT2D eigenvalue weighted by atomic mass is 79.9. The fourth-order valence-corrected chi connectivity index (χ4v) is 3.27. The number of imide groups is 1. The van der Waals surface area contributed by atoms with Crippen molar-refractivity contribution in [2.24, 2.45) is 0 Å². The standard InChI is InChI=1S/C19H12BrNO3S/c20-15-3-1-2-14(11-15)16(22)9-8-12-4-6-13(7-5-12)10-17-18(23)21-19(24)25-17/h1-11H,(H,21,23,24)/b9-8+,17-10-. The highest BCUT2D eigenvalue weighted by Crippen LogP contribution is 2.25. The van der Waals surface area contributed by atoms with Crippen molar-refractivity contribution in [2.75, 3.05) is 0 Å². The van der Waals surface area contributed by atoms with Crippen molar-refractivity contribution in [1.29, 1.82) is 0 Å². The number of hydrogen-bond acceptors (Lipinski definition) is 4. The molecule has 1 fully saturated rings. The van der Waals surface area contributed by atoms with Crippen LogP contribution in [0.3, 0.4) is 0 Å². The zero-order valence-electron chi connectivity index (χ0n) is 12.9. The molecule has 1 aliphatic heterocycles. The molecule has 2 aromatic carbocycles. The second-order valence-corrected chi connectivity index (χ2v) is 7.16. The summed E-state index contributed by atoms with van der Waals surface area (Å²) in [4.78, 5) is 35.2. The number of allylic oxidation sites excluding steroid dienone is 1. The molecule has 2 aromatic rings. The highest BCUT2D eigenvalue weighted by Gasteiger charge is 2.24. The van der Waals surface area contributed by atoms with E-state index < -0.39 is 0 Å². The van der Waals surface area contributed by atoms with Gasteiger partial charge in [0.25, 0.3) is 11.1 Å². The van der Waals surface area contributed by atoms with Gasteiger partial charge in [0, 0.05) is 10.0 Å². The number of carbonyl (C=O) groups excluding carboxylic acids is 3. The topological polar surface area (TPSA) is 63.2 Å². The van der Waals surface area contributed by atoms with E-state index in [1.54, 1.807) is 24.3 Å². The highest BCUT2D eigenvalue weighted by molar-refractivity contribution is 9.10. The summed E-state index contributed by atoms with van der Waals surface area (Å²) in [5, 5.41) is 1.86. The van der Waals surface area contributed by atoms with Gasteiger partial charge in [-0.2, -0.15) is 0 Å². The van der Waals surface area contributed by atoms with E-state index in [1.807, 2.05) is 36.4 Å². The molecule has 0 atom stereocenters. The maximum absolute atomic E-state index is 12.1. The summed E-state index contributed by atoms with van der Waals surface area (Å²) in [7, 11) is 0. The molecule has 0 spiro atoms. The Morgan fingerprint density at radius 1 is 1.04 bits per heavy atom. The quantitative estimate of drug-likeness (QED) is 0.584. The zero-order chi connectivity index (χ0) is 17.8. The monoisotopic (exact) mass is 413 g/mol. The molecule has 1 heterocycles. The van der Waals surface area contributed by atoms with E-state index in [9.17, 15) is 14.4 Å². The Hall–Kier alpha value is -2.44. The van der Waals surface area contributed by atoms with E-state index in [1.165, 1.54) is 6.08 Å². The summed E-state index contributed by atoms with van der Waals surface area (Å²) in [6.07, 6.45) is 4.92. The molecule has 0 aliphatic carbocycles. The number of hydrogen-bond donors (Lipinski definition) is 1. The van der Waals surface area contributed by atoms with Crippen LogP contribution in [-0.4, -0.2) is 16.9 Å². The Labute approximate surface area is 157 Å². The van der Waals surface area contributed by atoms with Crippen molar-refractivity contribution < 1.29 is 14.4 Å². The lowest BCUT2D eigenvalue weighted by Gasteiger charge is -1.98. The second kappa shape index (κ2) is 7.63. The summed E-state index contributed by atoms with van der Waals surface area (Å²) in [6.45, 7) is 0. The molecule has 1 aliphatic rings. The van der Waals surface area contributed by atoms with Crippen LogP contribution in [0.5, 0.6) is 0 Å². The fourth-order valence-electron chi connectivity index (χ4n) is 2.19. The molecule has 3 rings (SSSR count).